The minimum Gasteiger partial charge on any atom is -0.370 e. The van der Waals surface area contributed by atoms with Crippen molar-refractivity contribution >= 4 is 11.6 Å². The zero-order chi connectivity index (χ0) is 15.5. The summed E-state index contributed by atoms with van der Waals surface area (Å²) < 4.78 is 5.97. The number of carbonyl (C=O) groups is 1. The number of anilines is 1. The van der Waals surface area contributed by atoms with E-state index in [0.717, 1.165) is 12.4 Å². The predicted molar refractivity (Wildman–Crippen MR) is 86.2 cm³/mol. The molecule has 0 amide bonds. The van der Waals surface area contributed by atoms with Crippen molar-refractivity contribution in [1.29, 1.82) is 0 Å². The molecule has 1 fully saturated rings. The number of hydrogen-bond acceptors (Lipinski definition) is 4. The van der Waals surface area contributed by atoms with Gasteiger partial charge in [0.05, 0.1) is 19.2 Å². The molecule has 1 saturated heterocycles. The number of carbonyl (C=O) groups excluding carboxylic acids is 1. The van der Waals surface area contributed by atoms with E-state index in [1.54, 1.807) is 13.1 Å². The third kappa shape index (κ3) is 3.02. The summed E-state index contributed by atoms with van der Waals surface area (Å²) in [4.78, 5) is 18.1. The highest BCUT2D eigenvalue weighted by molar-refractivity contribution is 5.93. The van der Waals surface area contributed by atoms with Gasteiger partial charge in [-0.2, -0.15) is 0 Å². The predicted octanol–water partition coefficient (Wildman–Crippen LogP) is 3.25. The molecule has 0 aliphatic carbocycles. The molecule has 0 radical (unpaired) electrons. The number of hydrogen-bond donors (Lipinski definition) is 0. The molecule has 114 valence electrons. The van der Waals surface area contributed by atoms with Gasteiger partial charge in [0.15, 0.2) is 5.78 Å². The van der Waals surface area contributed by atoms with Crippen molar-refractivity contribution in [3.63, 3.8) is 0 Å². The van der Waals surface area contributed by atoms with Gasteiger partial charge >= 0.3 is 0 Å². The summed E-state index contributed by atoms with van der Waals surface area (Å²) in [5.74, 6) is 0.929. The number of aromatic nitrogens is 1. The molecule has 3 rings (SSSR count). The van der Waals surface area contributed by atoms with Gasteiger partial charge in [-0.25, -0.2) is 4.98 Å². The minimum atomic E-state index is 0.0382. The SMILES string of the molecule is CC(=O)c1ccc(N2C[C@@H](c3ccccc3)OC[C@@H]2C)nc1. The van der Waals surface area contributed by atoms with Crippen LogP contribution in [-0.2, 0) is 4.74 Å². The zero-order valence-electron chi connectivity index (χ0n) is 12.9. The van der Waals surface area contributed by atoms with E-state index in [2.05, 4.69) is 28.9 Å². The fourth-order valence-electron chi connectivity index (χ4n) is 2.71. The van der Waals surface area contributed by atoms with Crippen LogP contribution in [0.3, 0.4) is 0 Å². The highest BCUT2D eigenvalue weighted by Crippen LogP contribution is 2.27. The zero-order valence-corrected chi connectivity index (χ0v) is 12.9. The molecule has 1 aromatic heterocycles. The smallest absolute Gasteiger partial charge is 0.161 e. The Hall–Kier alpha value is -2.20. The molecule has 0 bridgehead atoms. The van der Waals surface area contributed by atoms with Crippen molar-refractivity contribution in [3.05, 3.63) is 59.8 Å². The van der Waals surface area contributed by atoms with Crippen LogP contribution in [0.1, 0.15) is 35.9 Å². The maximum Gasteiger partial charge on any atom is 0.161 e. The van der Waals surface area contributed by atoms with Crippen LogP contribution in [0.15, 0.2) is 48.7 Å². The van der Waals surface area contributed by atoms with Crippen molar-refractivity contribution < 1.29 is 9.53 Å². The van der Waals surface area contributed by atoms with E-state index in [0.29, 0.717) is 12.2 Å². The molecule has 0 unspecified atom stereocenters. The molecule has 1 aliphatic rings. The number of Topliss-reactive ketones (excluding diaryl/α,β-unsaturated/α-hetero) is 1. The van der Waals surface area contributed by atoms with Crippen LogP contribution in [0.2, 0.25) is 0 Å². The van der Waals surface area contributed by atoms with Crippen LogP contribution in [-0.4, -0.2) is 30.0 Å². The first-order chi connectivity index (χ1) is 10.6. The van der Waals surface area contributed by atoms with Gasteiger partial charge in [-0.3, -0.25) is 4.79 Å². The van der Waals surface area contributed by atoms with Crippen LogP contribution in [0.5, 0.6) is 0 Å². The monoisotopic (exact) mass is 296 g/mol. The van der Waals surface area contributed by atoms with Gasteiger partial charge in [-0.05, 0) is 31.5 Å². The molecule has 1 aromatic carbocycles. The van der Waals surface area contributed by atoms with Gasteiger partial charge in [-0.15, -0.1) is 0 Å². The maximum absolute atomic E-state index is 11.4. The van der Waals surface area contributed by atoms with Gasteiger partial charge in [0.25, 0.3) is 0 Å². The van der Waals surface area contributed by atoms with Crippen molar-refractivity contribution in [2.45, 2.75) is 26.0 Å². The standard InChI is InChI=1S/C18H20N2O2/c1-13-12-22-17(15-6-4-3-5-7-15)11-20(13)18-9-8-16(10-19-18)14(2)21/h3-10,13,17H,11-12H2,1-2H3/t13-,17-/m0/s1. The Labute approximate surface area is 130 Å². The summed E-state index contributed by atoms with van der Waals surface area (Å²) in [6.45, 7) is 5.11. The second-order valence-corrected chi connectivity index (χ2v) is 5.70. The summed E-state index contributed by atoms with van der Waals surface area (Å²) in [6.07, 6.45) is 1.70. The molecule has 0 saturated carbocycles. The van der Waals surface area contributed by atoms with Crippen molar-refractivity contribution in [2.24, 2.45) is 0 Å². The number of pyridine rings is 1. The number of rotatable bonds is 3. The van der Waals surface area contributed by atoms with Gasteiger partial charge in [0.1, 0.15) is 11.9 Å². The molecule has 2 atom stereocenters. The summed E-state index contributed by atoms with van der Waals surface area (Å²) in [5, 5.41) is 0. The van der Waals surface area contributed by atoms with Crippen LogP contribution in [0.25, 0.3) is 0 Å². The van der Waals surface area contributed by atoms with Crippen LogP contribution in [0.4, 0.5) is 5.82 Å². The summed E-state index contributed by atoms with van der Waals surface area (Å²) in [7, 11) is 0. The normalized spacial score (nSPS) is 21.6. The highest BCUT2D eigenvalue weighted by Gasteiger charge is 2.27. The Bertz CT molecular complexity index is 640. The van der Waals surface area contributed by atoms with Gasteiger partial charge < -0.3 is 9.64 Å². The third-order valence-corrected chi connectivity index (χ3v) is 4.05. The first kappa shape index (κ1) is 14.7. The fourth-order valence-corrected chi connectivity index (χ4v) is 2.71. The van der Waals surface area contributed by atoms with E-state index in [-0.39, 0.29) is 17.9 Å². The quantitative estimate of drug-likeness (QED) is 0.815. The number of nitrogens with zero attached hydrogens (tertiary/aromatic N) is 2. The highest BCUT2D eigenvalue weighted by atomic mass is 16.5. The van der Waals surface area contributed by atoms with Crippen molar-refractivity contribution in [1.82, 2.24) is 4.98 Å². The second-order valence-electron chi connectivity index (χ2n) is 5.70. The summed E-state index contributed by atoms with van der Waals surface area (Å²) in [5.41, 5.74) is 1.82. The molecule has 0 N–H and O–H groups in total. The van der Waals surface area contributed by atoms with Crippen molar-refractivity contribution in [3.8, 4) is 0 Å². The number of morpholine rings is 1. The first-order valence-corrected chi connectivity index (χ1v) is 7.55. The lowest BCUT2D eigenvalue weighted by atomic mass is 10.1. The number of benzene rings is 1. The molecule has 0 spiro atoms. The molecule has 4 nitrogen and oxygen atoms in total. The van der Waals surface area contributed by atoms with Gasteiger partial charge in [0, 0.05) is 11.8 Å². The topological polar surface area (TPSA) is 42.4 Å². The lowest BCUT2D eigenvalue weighted by molar-refractivity contribution is 0.0212. The largest absolute Gasteiger partial charge is 0.370 e. The molecule has 22 heavy (non-hydrogen) atoms. The molecular formula is C18H20N2O2. The summed E-state index contributed by atoms with van der Waals surface area (Å²) in [6, 6.07) is 14.3. The van der Waals surface area contributed by atoms with Gasteiger partial charge in [-0.1, -0.05) is 30.3 Å². The minimum absolute atomic E-state index is 0.0382. The molecular weight excluding hydrogens is 276 g/mol. The van der Waals surface area contributed by atoms with Crippen LogP contribution in [0, 0.1) is 0 Å². The van der Waals surface area contributed by atoms with E-state index >= 15 is 0 Å². The Morgan fingerprint density at radius 3 is 2.64 bits per heavy atom. The van der Waals surface area contributed by atoms with Crippen LogP contribution >= 0.6 is 0 Å². The number of ketones is 1. The molecule has 4 heteroatoms. The van der Waals surface area contributed by atoms with E-state index in [4.69, 9.17) is 4.74 Å². The van der Waals surface area contributed by atoms with E-state index in [1.807, 2.05) is 30.3 Å². The van der Waals surface area contributed by atoms with E-state index in [9.17, 15) is 4.79 Å². The first-order valence-electron chi connectivity index (χ1n) is 7.55. The Morgan fingerprint density at radius 1 is 1.23 bits per heavy atom. The Kier molecular flexibility index (Phi) is 4.20. The molecule has 1 aliphatic heterocycles. The number of ether oxygens (including phenoxy) is 1. The lowest BCUT2D eigenvalue weighted by Crippen LogP contribution is -2.45. The maximum atomic E-state index is 11.4. The van der Waals surface area contributed by atoms with E-state index in [1.165, 1.54) is 5.56 Å². The van der Waals surface area contributed by atoms with E-state index < -0.39 is 0 Å². The molecule has 2 aromatic rings. The lowest BCUT2D eigenvalue weighted by Gasteiger charge is -2.39. The third-order valence-electron chi connectivity index (χ3n) is 4.05. The Balaban J connectivity index is 1.81. The second kappa shape index (κ2) is 6.28. The fraction of sp³-hybridized carbons (Fsp3) is 0.333. The van der Waals surface area contributed by atoms with Crippen molar-refractivity contribution in [2.75, 3.05) is 18.1 Å². The average Bonchev–Trinajstić information content (AvgIpc) is 2.56. The Morgan fingerprint density at radius 2 is 2.00 bits per heavy atom. The average molecular weight is 296 g/mol. The van der Waals surface area contributed by atoms with Gasteiger partial charge in [0.2, 0.25) is 0 Å². The summed E-state index contributed by atoms with van der Waals surface area (Å²) >= 11 is 0. The molecule has 2 heterocycles. The van der Waals surface area contributed by atoms with Crippen LogP contribution < -0.4 is 4.90 Å².